The number of piperidine rings is 1. The number of likely N-dealkylation sites (tertiary alicyclic amines) is 1. The summed E-state index contributed by atoms with van der Waals surface area (Å²) in [6.45, 7) is 2.97. The molecule has 1 atom stereocenters. The van der Waals surface area contributed by atoms with E-state index in [-0.39, 0.29) is 5.82 Å². The highest BCUT2D eigenvalue weighted by Gasteiger charge is 2.23. The Balaban J connectivity index is 2.06. The summed E-state index contributed by atoms with van der Waals surface area (Å²) in [6.07, 6.45) is 4.95. The fourth-order valence-corrected chi connectivity index (χ4v) is 3.09. The summed E-state index contributed by atoms with van der Waals surface area (Å²) < 4.78 is 18.9. The van der Waals surface area contributed by atoms with E-state index in [1.165, 1.54) is 31.7 Å². The van der Waals surface area contributed by atoms with Crippen molar-refractivity contribution < 1.29 is 9.13 Å². The molecule has 0 spiro atoms. The number of rotatable bonds is 6. The van der Waals surface area contributed by atoms with E-state index in [9.17, 15) is 4.39 Å². The lowest BCUT2D eigenvalue weighted by atomic mass is 9.98. The van der Waals surface area contributed by atoms with Crippen molar-refractivity contribution >= 4 is 0 Å². The maximum Gasteiger partial charge on any atom is 0.123 e. The largest absolute Gasteiger partial charge is 0.496 e. The van der Waals surface area contributed by atoms with Crippen molar-refractivity contribution in [2.24, 2.45) is 0 Å². The first-order chi connectivity index (χ1) is 10.1. The molecule has 2 rings (SSSR count). The number of methoxy groups -OCH3 is 1. The molecule has 1 aliphatic heterocycles. The number of benzene rings is 1. The molecule has 118 valence electrons. The van der Waals surface area contributed by atoms with Crippen LogP contribution in [0.15, 0.2) is 18.2 Å². The highest BCUT2D eigenvalue weighted by Crippen LogP contribution is 2.26. The van der Waals surface area contributed by atoms with E-state index in [1.54, 1.807) is 19.2 Å². The van der Waals surface area contributed by atoms with Crippen molar-refractivity contribution in [3.63, 3.8) is 0 Å². The van der Waals surface area contributed by atoms with E-state index in [4.69, 9.17) is 4.74 Å². The standard InChI is InChI=1S/C17H27FN2O/c1-19(2)11-9-16-6-4-5-10-20(16)13-14-12-15(18)7-8-17(14)21-3/h7-8,12,16H,4-6,9-11,13H2,1-3H3. The zero-order chi connectivity index (χ0) is 15.2. The molecule has 0 bridgehead atoms. The third kappa shape index (κ3) is 4.68. The van der Waals surface area contributed by atoms with Gasteiger partial charge in [-0.3, -0.25) is 4.90 Å². The molecule has 1 fully saturated rings. The van der Waals surface area contributed by atoms with E-state index >= 15 is 0 Å². The van der Waals surface area contributed by atoms with Crippen molar-refractivity contribution in [1.82, 2.24) is 9.80 Å². The summed E-state index contributed by atoms with van der Waals surface area (Å²) in [5.41, 5.74) is 0.953. The second kappa shape index (κ2) is 7.76. The topological polar surface area (TPSA) is 15.7 Å². The Morgan fingerprint density at radius 1 is 1.33 bits per heavy atom. The molecule has 21 heavy (non-hydrogen) atoms. The van der Waals surface area contributed by atoms with Crippen LogP contribution in [0, 0.1) is 5.82 Å². The lowest BCUT2D eigenvalue weighted by Gasteiger charge is -2.36. The second-order valence-electron chi connectivity index (χ2n) is 6.17. The van der Waals surface area contributed by atoms with Gasteiger partial charge in [0, 0.05) is 18.2 Å². The minimum atomic E-state index is -0.187. The Morgan fingerprint density at radius 3 is 2.86 bits per heavy atom. The Kier molecular flexibility index (Phi) is 6.00. The van der Waals surface area contributed by atoms with Crippen LogP contribution < -0.4 is 4.74 Å². The second-order valence-corrected chi connectivity index (χ2v) is 6.17. The van der Waals surface area contributed by atoms with Crippen LogP contribution in [0.3, 0.4) is 0 Å². The molecule has 1 aromatic rings. The molecule has 0 amide bonds. The number of hydrogen-bond donors (Lipinski definition) is 0. The Hall–Kier alpha value is -1.13. The van der Waals surface area contributed by atoms with Gasteiger partial charge in [0.1, 0.15) is 11.6 Å². The molecule has 3 nitrogen and oxygen atoms in total. The summed E-state index contributed by atoms with van der Waals surface area (Å²) in [6, 6.07) is 5.39. The number of ether oxygens (including phenoxy) is 1. The highest BCUT2D eigenvalue weighted by molar-refractivity contribution is 5.33. The van der Waals surface area contributed by atoms with Gasteiger partial charge in [0.25, 0.3) is 0 Å². The summed E-state index contributed by atoms with van der Waals surface area (Å²) in [4.78, 5) is 4.72. The monoisotopic (exact) mass is 294 g/mol. The van der Waals surface area contributed by atoms with E-state index in [2.05, 4.69) is 23.9 Å². The molecule has 1 aliphatic rings. The summed E-state index contributed by atoms with van der Waals surface area (Å²) >= 11 is 0. The molecular formula is C17H27FN2O. The van der Waals surface area contributed by atoms with E-state index in [0.29, 0.717) is 6.04 Å². The van der Waals surface area contributed by atoms with Gasteiger partial charge in [-0.15, -0.1) is 0 Å². The number of halogens is 1. The molecule has 1 heterocycles. The maximum atomic E-state index is 13.5. The summed E-state index contributed by atoms with van der Waals surface area (Å²) in [5.74, 6) is 0.598. The third-order valence-corrected chi connectivity index (χ3v) is 4.27. The smallest absolute Gasteiger partial charge is 0.123 e. The SMILES string of the molecule is COc1ccc(F)cc1CN1CCCCC1CCN(C)C. The first kappa shape index (κ1) is 16.2. The zero-order valence-electron chi connectivity index (χ0n) is 13.4. The molecule has 0 radical (unpaired) electrons. The molecule has 0 saturated carbocycles. The van der Waals surface area contributed by atoms with Gasteiger partial charge in [0.05, 0.1) is 7.11 Å². The minimum Gasteiger partial charge on any atom is -0.496 e. The van der Waals surface area contributed by atoms with Crippen LogP contribution in [-0.4, -0.2) is 50.1 Å². The van der Waals surface area contributed by atoms with Crippen LogP contribution in [0.25, 0.3) is 0 Å². The van der Waals surface area contributed by atoms with Gasteiger partial charge in [-0.25, -0.2) is 4.39 Å². The Morgan fingerprint density at radius 2 is 2.14 bits per heavy atom. The maximum absolute atomic E-state index is 13.5. The predicted molar refractivity (Wildman–Crippen MR) is 84.2 cm³/mol. The number of hydrogen-bond acceptors (Lipinski definition) is 3. The van der Waals surface area contributed by atoms with Crippen LogP contribution in [0.1, 0.15) is 31.2 Å². The van der Waals surface area contributed by atoms with Gasteiger partial charge in [0.2, 0.25) is 0 Å². The van der Waals surface area contributed by atoms with Crippen molar-refractivity contribution in [3.8, 4) is 5.75 Å². The molecule has 0 aromatic heterocycles. The van der Waals surface area contributed by atoms with E-state index < -0.39 is 0 Å². The van der Waals surface area contributed by atoms with Crippen LogP contribution in [-0.2, 0) is 6.54 Å². The summed E-state index contributed by atoms with van der Waals surface area (Å²) in [7, 11) is 5.88. The molecule has 0 aliphatic carbocycles. The van der Waals surface area contributed by atoms with Crippen molar-refractivity contribution in [2.45, 2.75) is 38.3 Å². The minimum absolute atomic E-state index is 0.187. The molecular weight excluding hydrogens is 267 g/mol. The van der Waals surface area contributed by atoms with Crippen molar-refractivity contribution in [1.29, 1.82) is 0 Å². The quantitative estimate of drug-likeness (QED) is 0.801. The number of nitrogens with zero attached hydrogens (tertiary/aromatic N) is 2. The predicted octanol–water partition coefficient (Wildman–Crippen LogP) is 3.14. The first-order valence-electron chi connectivity index (χ1n) is 7.81. The first-order valence-corrected chi connectivity index (χ1v) is 7.81. The van der Waals surface area contributed by atoms with Gasteiger partial charge >= 0.3 is 0 Å². The van der Waals surface area contributed by atoms with Gasteiger partial charge in [-0.05, 0) is 64.6 Å². The average molecular weight is 294 g/mol. The van der Waals surface area contributed by atoms with Crippen molar-refractivity contribution in [3.05, 3.63) is 29.6 Å². The average Bonchev–Trinajstić information content (AvgIpc) is 2.46. The van der Waals surface area contributed by atoms with E-state index in [1.807, 2.05) is 0 Å². The molecule has 1 unspecified atom stereocenters. The van der Waals surface area contributed by atoms with Crippen LogP contribution in [0.5, 0.6) is 5.75 Å². The van der Waals surface area contributed by atoms with Gasteiger partial charge in [-0.1, -0.05) is 6.42 Å². The molecule has 1 aromatic carbocycles. The molecule has 1 saturated heterocycles. The lowest BCUT2D eigenvalue weighted by molar-refractivity contribution is 0.123. The van der Waals surface area contributed by atoms with Crippen LogP contribution >= 0.6 is 0 Å². The third-order valence-electron chi connectivity index (χ3n) is 4.27. The fourth-order valence-electron chi connectivity index (χ4n) is 3.09. The normalized spacial score (nSPS) is 20.0. The van der Waals surface area contributed by atoms with Crippen LogP contribution in [0.4, 0.5) is 4.39 Å². The molecule has 4 heteroatoms. The Bertz CT molecular complexity index is 450. The fraction of sp³-hybridized carbons (Fsp3) is 0.647. The lowest BCUT2D eigenvalue weighted by Crippen LogP contribution is -2.40. The zero-order valence-corrected chi connectivity index (χ0v) is 13.4. The Labute approximate surface area is 127 Å². The van der Waals surface area contributed by atoms with Gasteiger partial charge < -0.3 is 9.64 Å². The van der Waals surface area contributed by atoms with Gasteiger partial charge in [-0.2, -0.15) is 0 Å². The van der Waals surface area contributed by atoms with Crippen molar-refractivity contribution in [2.75, 3.05) is 34.3 Å². The molecule has 0 N–H and O–H groups in total. The van der Waals surface area contributed by atoms with Gasteiger partial charge in [0.15, 0.2) is 0 Å². The highest BCUT2D eigenvalue weighted by atomic mass is 19.1. The van der Waals surface area contributed by atoms with E-state index in [0.717, 1.165) is 30.9 Å². The van der Waals surface area contributed by atoms with Crippen LogP contribution in [0.2, 0.25) is 0 Å². The summed E-state index contributed by atoms with van der Waals surface area (Å²) in [5, 5.41) is 0.